The summed E-state index contributed by atoms with van der Waals surface area (Å²) in [5.74, 6) is 0. The lowest BCUT2D eigenvalue weighted by molar-refractivity contribution is 0.662. The van der Waals surface area contributed by atoms with Crippen molar-refractivity contribution in [1.82, 2.24) is 0 Å². The van der Waals surface area contributed by atoms with E-state index in [4.69, 9.17) is 0 Å². The first-order chi connectivity index (χ1) is 32.5. The first-order valence-corrected chi connectivity index (χ1v) is 23.0. The smallest absolute Gasteiger partial charge is 0.0546 e. The second-order valence-electron chi connectivity index (χ2n) is 18.0. The molecule has 0 amide bonds. The van der Waals surface area contributed by atoms with E-state index < -0.39 is 0 Å². The quantitative estimate of drug-likeness (QED) is 0.138. The number of hydrogen-bond donors (Lipinski definition) is 0. The number of anilines is 3. The van der Waals surface area contributed by atoms with Crippen molar-refractivity contribution < 1.29 is 0 Å². The van der Waals surface area contributed by atoms with Crippen molar-refractivity contribution >= 4 is 38.6 Å². The van der Waals surface area contributed by atoms with Crippen LogP contribution in [0.3, 0.4) is 0 Å². The van der Waals surface area contributed by atoms with Gasteiger partial charge in [-0.1, -0.05) is 232 Å². The molecule has 0 N–H and O–H groups in total. The molecule has 1 aliphatic rings. The Morgan fingerprint density at radius 3 is 1.53 bits per heavy atom. The molecular formula is C65H47N. The van der Waals surface area contributed by atoms with Crippen LogP contribution < -0.4 is 4.90 Å². The molecule has 0 aromatic heterocycles. The fourth-order valence-electron chi connectivity index (χ4n) is 10.9. The SMILES string of the molecule is CC1(C)c2ccccc2-c2cccc(-c3ccccc3N(c3ccc(-c4cc5ccccc5c5ccccc45)cc3)c3cccc(-c4ccccc4)c3-c3ccccc3-c3ccccc3)c21. The highest BCUT2D eigenvalue weighted by Gasteiger charge is 2.38. The molecule has 0 saturated carbocycles. The zero-order valence-electron chi connectivity index (χ0n) is 37.1. The molecule has 0 heterocycles. The van der Waals surface area contributed by atoms with Crippen molar-refractivity contribution in [2.75, 3.05) is 4.90 Å². The standard InChI is InChI=1S/C65H47N/c1-65(2)60-36-17-15-30-54(60)57-34-19-35-58(64(57)65)55-31-16-18-37-61(55)66(48-41-39-46(40-42-48)59-43-47-25-9-10-27-50(47)52-28-12-13-29-53(52)59)62-38-20-33-51(45-23-7-4-8-24-45)63(62)56-32-14-11-26-49(56)44-21-5-3-6-22-44/h3-43H,1-2H3. The largest absolute Gasteiger partial charge is 0.309 e. The molecule has 1 nitrogen and oxygen atoms in total. The van der Waals surface area contributed by atoms with E-state index in [1.165, 1.54) is 99.4 Å². The van der Waals surface area contributed by atoms with Crippen molar-refractivity contribution in [3.8, 4) is 66.8 Å². The first kappa shape index (κ1) is 39.3. The number of fused-ring (bicyclic) bond motifs is 6. The monoisotopic (exact) mass is 841 g/mol. The van der Waals surface area contributed by atoms with E-state index in [0.29, 0.717) is 0 Å². The maximum absolute atomic E-state index is 2.52. The molecule has 0 unspecified atom stereocenters. The Labute approximate surface area is 387 Å². The van der Waals surface area contributed by atoms with E-state index >= 15 is 0 Å². The molecule has 0 spiro atoms. The second-order valence-corrected chi connectivity index (χ2v) is 18.0. The van der Waals surface area contributed by atoms with Crippen LogP contribution in [0.25, 0.3) is 88.3 Å². The fourth-order valence-corrected chi connectivity index (χ4v) is 10.9. The predicted octanol–water partition coefficient (Wildman–Crippen LogP) is 18.1. The molecule has 12 rings (SSSR count). The van der Waals surface area contributed by atoms with Gasteiger partial charge in [0.2, 0.25) is 0 Å². The van der Waals surface area contributed by atoms with Crippen molar-refractivity contribution in [3.63, 3.8) is 0 Å². The summed E-state index contributed by atoms with van der Waals surface area (Å²) in [4.78, 5) is 2.52. The summed E-state index contributed by atoms with van der Waals surface area (Å²) in [6, 6.07) is 91.5. The fraction of sp³-hybridized carbons (Fsp3) is 0.0462. The number of para-hydroxylation sites is 1. The first-order valence-electron chi connectivity index (χ1n) is 23.0. The number of nitrogens with zero attached hydrogens (tertiary/aromatic N) is 1. The van der Waals surface area contributed by atoms with E-state index in [-0.39, 0.29) is 5.41 Å². The lowest BCUT2D eigenvalue weighted by Gasteiger charge is -2.32. The zero-order valence-corrected chi connectivity index (χ0v) is 37.1. The van der Waals surface area contributed by atoms with Gasteiger partial charge in [-0.2, -0.15) is 0 Å². The van der Waals surface area contributed by atoms with Crippen molar-refractivity contribution in [1.29, 1.82) is 0 Å². The Morgan fingerprint density at radius 2 is 0.788 bits per heavy atom. The van der Waals surface area contributed by atoms with E-state index in [2.05, 4.69) is 267 Å². The van der Waals surface area contributed by atoms with Gasteiger partial charge in [0, 0.05) is 22.2 Å². The maximum atomic E-state index is 2.52. The predicted molar refractivity (Wildman–Crippen MR) is 281 cm³/mol. The van der Waals surface area contributed by atoms with Crippen LogP contribution in [0, 0.1) is 0 Å². The summed E-state index contributed by atoms with van der Waals surface area (Å²) in [5.41, 5.74) is 20.4. The molecule has 0 radical (unpaired) electrons. The van der Waals surface area contributed by atoms with Crippen molar-refractivity contribution in [2.24, 2.45) is 0 Å². The van der Waals surface area contributed by atoms with Crippen molar-refractivity contribution in [2.45, 2.75) is 19.3 Å². The molecule has 312 valence electrons. The van der Waals surface area contributed by atoms with Gasteiger partial charge in [-0.05, 0) is 119 Å². The summed E-state index contributed by atoms with van der Waals surface area (Å²) in [5, 5.41) is 5.04. The molecule has 0 saturated heterocycles. The van der Waals surface area contributed by atoms with Crippen LogP contribution in [-0.2, 0) is 5.41 Å². The van der Waals surface area contributed by atoms with Gasteiger partial charge in [-0.15, -0.1) is 0 Å². The minimum absolute atomic E-state index is 0.197. The van der Waals surface area contributed by atoms with Crippen LogP contribution in [-0.4, -0.2) is 0 Å². The Kier molecular flexibility index (Phi) is 9.58. The van der Waals surface area contributed by atoms with Gasteiger partial charge in [-0.25, -0.2) is 0 Å². The normalized spacial score (nSPS) is 12.5. The lowest BCUT2D eigenvalue weighted by atomic mass is 9.78. The highest BCUT2D eigenvalue weighted by Crippen LogP contribution is 2.55. The molecule has 0 atom stereocenters. The zero-order chi connectivity index (χ0) is 44.2. The summed E-state index contributed by atoms with van der Waals surface area (Å²) < 4.78 is 0. The van der Waals surface area contributed by atoms with Gasteiger partial charge < -0.3 is 4.90 Å². The van der Waals surface area contributed by atoms with Gasteiger partial charge in [0.15, 0.2) is 0 Å². The van der Waals surface area contributed by atoms with Crippen LogP contribution in [0.5, 0.6) is 0 Å². The summed E-state index contributed by atoms with van der Waals surface area (Å²) in [6.07, 6.45) is 0. The molecule has 0 fully saturated rings. The van der Waals surface area contributed by atoms with E-state index in [9.17, 15) is 0 Å². The third-order valence-corrected chi connectivity index (χ3v) is 13.9. The van der Waals surface area contributed by atoms with E-state index in [1.54, 1.807) is 0 Å². The Morgan fingerprint density at radius 1 is 0.303 bits per heavy atom. The van der Waals surface area contributed by atoms with Gasteiger partial charge in [0.25, 0.3) is 0 Å². The molecule has 1 aliphatic carbocycles. The molecule has 11 aromatic rings. The molecule has 1 heteroatoms. The van der Waals surface area contributed by atoms with Crippen LogP contribution in [0.15, 0.2) is 249 Å². The van der Waals surface area contributed by atoms with Crippen molar-refractivity contribution in [3.05, 3.63) is 260 Å². The Hall–Kier alpha value is -8.26. The van der Waals surface area contributed by atoms with E-state index in [0.717, 1.165) is 17.1 Å². The third-order valence-electron chi connectivity index (χ3n) is 13.9. The minimum atomic E-state index is -0.197. The van der Waals surface area contributed by atoms with Crippen LogP contribution in [0.4, 0.5) is 17.1 Å². The van der Waals surface area contributed by atoms with Gasteiger partial charge >= 0.3 is 0 Å². The lowest BCUT2D eigenvalue weighted by Crippen LogP contribution is -2.17. The van der Waals surface area contributed by atoms with Gasteiger partial charge in [0.1, 0.15) is 0 Å². The van der Waals surface area contributed by atoms with Gasteiger partial charge in [-0.3, -0.25) is 0 Å². The van der Waals surface area contributed by atoms with Crippen LogP contribution in [0.1, 0.15) is 25.0 Å². The highest BCUT2D eigenvalue weighted by atomic mass is 15.1. The Bertz CT molecular complexity index is 3600. The van der Waals surface area contributed by atoms with Crippen LogP contribution >= 0.6 is 0 Å². The average Bonchev–Trinajstić information content (AvgIpc) is 3.63. The third kappa shape index (κ3) is 6.46. The summed E-state index contributed by atoms with van der Waals surface area (Å²) >= 11 is 0. The second kappa shape index (κ2) is 16.1. The summed E-state index contributed by atoms with van der Waals surface area (Å²) in [7, 11) is 0. The number of hydrogen-bond acceptors (Lipinski definition) is 1. The summed E-state index contributed by atoms with van der Waals surface area (Å²) in [6.45, 7) is 4.78. The van der Waals surface area contributed by atoms with E-state index in [1.807, 2.05) is 0 Å². The molecule has 0 bridgehead atoms. The van der Waals surface area contributed by atoms with Crippen LogP contribution in [0.2, 0.25) is 0 Å². The van der Waals surface area contributed by atoms with Gasteiger partial charge in [0.05, 0.1) is 11.4 Å². The average molecular weight is 842 g/mol. The molecular weight excluding hydrogens is 795 g/mol. The molecule has 0 aliphatic heterocycles. The maximum Gasteiger partial charge on any atom is 0.0546 e. The Balaban J connectivity index is 1.13. The minimum Gasteiger partial charge on any atom is -0.309 e. The number of rotatable bonds is 8. The molecule has 66 heavy (non-hydrogen) atoms. The highest BCUT2D eigenvalue weighted by molar-refractivity contribution is 6.14. The number of benzene rings is 11. The topological polar surface area (TPSA) is 3.24 Å². The molecule has 11 aromatic carbocycles.